The fourth-order valence-electron chi connectivity index (χ4n) is 3.42. The van der Waals surface area contributed by atoms with Crippen molar-refractivity contribution in [3.63, 3.8) is 0 Å². The Morgan fingerprint density at radius 3 is 2.75 bits per heavy atom. The summed E-state index contributed by atoms with van der Waals surface area (Å²) in [6.07, 6.45) is 3.50. The number of likely N-dealkylation sites (tertiary alicyclic amines) is 1. The third-order valence-electron chi connectivity index (χ3n) is 4.69. The molecule has 0 saturated carbocycles. The molecule has 1 unspecified atom stereocenters. The van der Waals surface area contributed by atoms with Crippen molar-refractivity contribution in [2.24, 2.45) is 5.92 Å². The predicted octanol–water partition coefficient (Wildman–Crippen LogP) is 0.129. The Balaban J connectivity index is 1.79. The second-order valence-electron chi connectivity index (χ2n) is 6.17. The number of morpholine rings is 1. The molecular formula is C17H23N3O4. The van der Waals surface area contributed by atoms with Gasteiger partial charge in [-0.2, -0.15) is 0 Å². The molecule has 0 radical (unpaired) electrons. The fraction of sp³-hybridized carbons (Fsp3) is 0.588. The van der Waals surface area contributed by atoms with Crippen LogP contribution in [0.5, 0.6) is 0 Å². The molecule has 0 aromatic carbocycles. The van der Waals surface area contributed by atoms with Gasteiger partial charge in [0, 0.05) is 51.6 Å². The Morgan fingerprint density at radius 1 is 1.29 bits per heavy atom. The lowest BCUT2D eigenvalue weighted by Gasteiger charge is -2.30. The van der Waals surface area contributed by atoms with E-state index in [1.807, 2.05) is 17.0 Å². The Labute approximate surface area is 141 Å². The lowest BCUT2D eigenvalue weighted by molar-refractivity contribution is -0.140. The zero-order valence-corrected chi connectivity index (χ0v) is 13.9. The largest absolute Gasteiger partial charge is 0.378 e. The van der Waals surface area contributed by atoms with Crippen LogP contribution in [0.4, 0.5) is 0 Å². The van der Waals surface area contributed by atoms with E-state index in [9.17, 15) is 9.59 Å². The Bertz CT molecular complexity index is 574. The van der Waals surface area contributed by atoms with Crippen LogP contribution in [0.15, 0.2) is 24.5 Å². The molecule has 0 aliphatic carbocycles. The Hall–Kier alpha value is -1.99. The van der Waals surface area contributed by atoms with Gasteiger partial charge in [0.2, 0.25) is 11.8 Å². The van der Waals surface area contributed by atoms with Crippen LogP contribution in [-0.2, 0) is 19.1 Å². The zero-order chi connectivity index (χ0) is 16.9. The monoisotopic (exact) mass is 333 g/mol. The maximum atomic E-state index is 13.0. The maximum absolute atomic E-state index is 13.0. The molecule has 1 aromatic heterocycles. The number of hydrogen-bond donors (Lipinski definition) is 0. The van der Waals surface area contributed by atoms with Gasteiger partial charge in [-0.1, -0.05) is 6.07 Å². The van der Waals surface area contributed by atoms with Gasteiger partial charge in [0.15, 0.2) is 0 Å². The molecule has 7 nitrogen and oxygen atoms in total. The van der Waals surface area contributed by atoms with E-state index in [1.54, 1.807) is 17.3 Å². The summed E-state index contributed by atoms with van der Waals surface area (Å²) in [6, 6.07) is 3.84. The SMILES string of the molecule is COCC(=O)N1CC(C(=O)N2CCOCC2)[C@H](c2cccnc2)C1. The van der Waals surface area contributed by atoms with Crippen molar-refractivity contribution in [2.75, 3.05) is 53.1 Å². The second kappa shape index (κ2) is 7.72. The van der Waals surface area contributed by atoms with Gasteiger partial charge in [0.25, 0.3) is 0 Å². The molecule has 2 amide bonds. The first-order chi connectivity index (χ1) is 11.7. The molecule has 1 aromatic rings. The summed E-state index contributed by atoms with van der Waals surface area (Å²) in [4.78, 5) is 32.9. The van der Waals surface area contributed by atoms with Crippen molar-refractivity contribution >= 4 is 11.8 Å². The summed E-state index contributed by atoms with van der Waals surface area (Å²) in [6.45, 7) is 3.36. The first-order valence-electron chi connectivity index (χ1n) is 8.24. The second-order valence-corrected chi connectivity index (χ2v) is 6.17. The molecule has 24 heavy (non-hydrogen) atoms. The third-order valence-corrected chi connectivity index (χ3v) is 4.69. The molecule has 0 spiro atoms. The van der Waals surface area contributed by atoms with Gasteiger partial charge in [-0.25, -0.2) is 0 Å². The molecule has 2 aliphatic rings. The van der Waals surface area contributed by atoms with Crippen LogP contribution >= 0.6 is 0 Å². The van der Waals surface area contributed by atoms with Gasteiger partial charge < -0.3 is 19.3 Å². The lowest BCUT2D eigenvalue weighted by atomic mass is 9.89. The van der Waals surface area contributed by atoms with Gasteiger partial charge in [0.05, 0.1) is 19.1 Å². The van der Waals surface area contributed by atoms with E-state index in [0.29, 0.717) is 39.4 Å². The van der Waals surface area contributed by atoms with Crippen LogP contribution < -0.4 is 0 Å². The van der Waals surface area contributed by atoms with Gasteiger partial charge >= 0.3 is 0 Å². The highest BCUT2D eigenvalue weighted by Crippen LogP contribution is 2.34. The number of rotatable bonds is 4. The number of carbonyl (C=O) groups excluding carboxylic acids is 2. The predicted molar refractivity (Wildman–Crippen MR) is 86.3 cm³/mol. The van der Waals surface area contributed by atoms with Crippen molar-refractivity contribution in [1.82, 2.24) is 14.8 Å². The van der Waals surface area contributed by atoms with E-state index >= 15 is 0 Å². The van der Waals surface area contributed by atoms with Crippen molar-refractivity contribution in [3.05, 3.63) is 30.1 Å². The van der Waals surface area contributed by atoms with Crippen molar-refractivity contribution in [1.29, 1.82) is 0 Å². The topological polar surface area (TPSA) is 72.0 Å². The van der Waals surface area contributed by atoms with Crippen molar-refractivity contribution in [2.45, 2.75) is 5.92 Å². The highest BCUT2D eigenvalue weighted by atomic mass is 16.5. The highest BCUT2D eigenvalue weighted by Gasteiger charge is 2.42. The lowest BCUT2D eigenvalue weighted by Crippen LogP contribution is -2.45. The van der Waals surface area contributed by atoms with E-state index in [1.165, 1.54) is 7.11 Å². The van der Waals surface area contributed by atoms with Crippen LogP contribution in [0.3, 0.4) is 0 Å². The van der Waals surface area contributed by atoms with E-state index in [2.05, 4.69) is 4.98 Å². The van der Waals surface area contributed by atoms with Gasteiger partial charge in [0.1, 0.15) is 6.61 Å². The smallest absolute Gasteiger partial charge is 0.248 e. The molecule has 0 N–H and O–H groups in total. The molecule has 2 saturated heterocycles. The maximum Gasteiger partial charge on any atom is 0.248 e. The number of amides is 2. The molecule has 7 heteroatoms. The third kappa shape index (κ3) is 3.57. The Kier molecular flexibility index (Phi) is 5.42. The van der Waals surface area contributed by atoms with Crippen LogP contribution in [0, 0.1) is 5.92 Å². The summed E-state index contributed by atoms with van der Waals surface area (Å²) in [5.41, 5.74) is 0.997. The average Bonchev–Trinajstić information content (AvgIpc) is 3.08. The van der Waals surface area contributed by atoms with E-state index in [-0.39, 0.29) is 30.3 Å². The number of hydrogen-bond acceptors (Lipinski definition) is 5. The minimum absolute atomic E-state index is 0.0325. The van der Waals surface area contributed by atoms with Crippen LogP contribution in [0.2, 0.25) is 0 Å². The van der Waals surface area contributed by atoms with Gasteiger partial charge in [-0.15, -0.1) is 0 Å². The minimum atomic E-state index is -0.242. The first kappa shape index (κ1) is 16.9. The minimum Gasteiger partial charge on any atom is -0.378 e. The normalized spacial score (nSPS) is 24.2. The van der Waals surface area contributed by atoms with E-state index < -0.39 is 0 Å². The summed E-state index contributed by atoms with van der Waals surface area (Å²) in [7, 11) is 1.50. The summed E-state index contributed by atoms with van der Waals surface area (Å²) in [5.74, 6) is -0.258. The first-order valence-corrected chi connectivity index (χ1v) is 8.24. The van der Waals surface area contributed by atoms with Gasteiger partial charge in [-0.3, -0.25) is 14.6 Å². The molecule has 2 aliphatic heterocycles. The van der Waals surface area contributed by atoms with Crippen LogP contribution in [-0.4, -0.2) is 79.7 Å². The quantitative estimate of drug-likeness (QED) is 0.783. The Morgan fingerprint density at radius 2 is 2.08 bits per heavy atom. The molecule has 2 fully saturated rings. The summed E-state index contributed by atoms with van der Waals surface area (Å²) in [5, 5.41) is 0. The number of nitrogens with zero attached hydrogens (tertiary/aromatic N) is 3. The molecule has 0 bridgehead atoms. The molecular weight excluding hydrogens is 310 g/mol. The van der Waals surface area contributed by atoms with E-state index in [4.69, 9.17) is 9.47 Å². The fourth-order valence-corrected chi connectivity index (χ4v) is 3.42. The number of methoxy groups -OCH3 is 1. The van der Waals surface area contributed by atoms with Crippen molar-refractivity contribution in [3.8, 4) is 0 Å². The zero-order valence-electron chi connectivity index (χ0n) is 13.9. The molecule has 3 rings (SSSR count). The summed E-state index contributed by atoms with van der Waals surface area (Å²) >= 11 is 0. The average molecular weight is 333 g/mol. The number of ether oxygens (including phenoxy) is 2. The number of carbonyl (C=O) groups is 2. The molecule has 2 atom stereocenters. The van der Waals surface area contributed by atoms with Crippen LogP contribution in [0.25, 0.3) is 0 Å². The standard InChI is InChI=1S/C17H23N3O4/c1-23-12-16(21)20-10-14(13-3-2-4-18-9-13)15(11-20)17(22)19-5-7-24-8-6-19/h2-4,9,14-15H,5-8,10-12H2,1H3/t14-,15?/m0/s1. The molecule has 3 heterocycles. The van der Waals surface area contributed by atoms with Gasteiger partial charge in [-0.05, 0) is 11.6 Å². The highest BCUT2D eigenvalue weighted by molar-refractivity contribution is 5.84. The summed E-state index contributed by atoms with van der Waals surface area (Å²) < 4.78 is 10.3. The van der Waals surface area contributed by atoms with Crippen LogP contribution in [0.1, 0.15) is 11.5 Å². The number of aromatic nitrogens is 1. The van der Waals surface area contributed by atoms with Crippen molar-refractivity contribution < 1.29 is 19.1 Å². The molecule has 130 valence electrons. The van der Waals surface area contributed by atoms with E-state index in [0.717, 1.165) is 5.56 Å². The number of pyridine rings is 1.